The molecular weight excluding hydrogens is 390 g/mol. The minimum absolute atomic E-state index is 0. The molecule has 1 unspecified atom stereocenters. The van der Waals surface area contributed by atoms with Gasteiger partial charge in [-0.05, 0) is 18.2 Å². The van der Waals surface area contributed by atoms with Gasteiger partial charge in [0, 0.05) is 30.8 Å². The lowest BCUT2D eigenvalue weighted by Crippen LogP contribution is -2.49. The summed E-state index contributed by atoms with van der Waals surface area (Å²) >= 11 is 0. The molecule has 1 aliphatic heterocycles. The predicted molar refractivity (Wildman–Crippen MR) is 113 cm³/mol. The van der Waals surface area contributed by atoms with E-state index in [1.807, 2.05) is 59.5 Å². The molecule has 1 saturated heterocycles. The summed E-state index contributed by atoms with van der Waals surface area (Å²) in [6.45, 7) is 2.11. The summed E-state index contributed by atoms with van der Waals surface area (Å²) in [5.41, 5.74) is 2.55. The highest BCUT2D eigenvalue weighted by Gasteiger charge is 2.30. The fourth-order valence-corrected chi connectivity index (χ4v) is 3.58. The summed E-state index contributed by atoms with van der Waals surface area (Å²) in [6.07, 6.45) is 1.78. The Balaban J connectivity index is 0.00000240. The Morgan fingerprint density at radius 3 is 2.76 bits per heavy atom. The topological polar surface area (TPSA) is 67.6 Å². The number of para-hydroxylation sites is 1. The van der Waals surface area contributed by atoms with E-state index in [-0.39, 0.29) is 30.8 Å². The van der Waals surface area contributed by atoms with Crippen molar-refractivity contribution >= 4 is 18.3 Å². The van der Waals surface area contributed by atoms with Crippen molar-refractivity contribution in [3.8, 4) is 17.2 Å². The highest BCUT2D eigenvalue weighted by molar-refractivity contribution is 5.85. The zero-order valence-corrected chi connectivity index (χ0v) is 17.0. The van der Waals surface area contributed by atoms with E-state index in [0.29, 0.717) is 24.7 Å². The first-order chi connectivity index (χ1) is 13.8. The zero-order valence-electron chi connectivity index (χ0n) is 16.2. The minimum Gasteiger partial charge on any atom is -0.496 e. The van der Waals surface area contributed by atoms with Gasteiger partial charge in [0.2, 0.25) is 11.8 Å². The van der Waals surface area contributed by atoms with E-state index in [1.165, 1.54) is 0 Å². The number of piperazine rings is 1. The van der Waals surface area contributed by atoms with Crippen molar-refractivity contribution in [2.24, 2.45) is 0 Å². The number of amides is 1. The normalized spacial score (nSPS) is 16.2. The van der Waals surface area contributed by atoms with Crippen LogP contribution in [0.3, 0.4) is 0 Å². The van der Waals surface area contributed by atoms with Crippen LogP contribution in [0.1, 0.15) is 17.3 Å². The van der Waals surface area contributed by atoms with Crippen LogP contribution >= 0.6 is 12.4 Å². The van der Waals surface area contributed by atoms with Crippen molar-refractivity contribution in [3.05, 3.63) is 72.1 Å². The lowest BCUT2D eigenvalue weighted by Gasteiger charge is -2.37. The molecular formula is C22H24ClN3O3. The van der Waals surface area contributed by atoms with Gasteiger partial charge in [0.1, 0.15) is 12.0 Å². The highest BCUT2D eigenvalue weighted by atomic mass is 35.5. The number of halogens is 1. The maximum atomic E-state index is 13.1. The number of hydrogen-bond acceptors (Lipinski definition) is 5. The number of nitrogens with one attached hydrogen (secondary N) is 1. The summed E-state index contributed by atoms with van der Waals surface area (Å²) in [5.74, 6) is 1.36. The molecule has 0 saturated carbocycles. The van der Waals surface area contributed by atoms with E-state index in [9.17, 15) is 4.79 Å². The van der Waals surface area contributed by atoms with E-state index < -0.39 is 0 Å². The Bertz CT molecular complexity index is 945. The van der Waals surface area contributed by atoms with Crippen molar-refractivity contribution < 1.29 is 13.9 Å². The number of nitrogens with zero attached hydrogens (tertiary/aromatic N) is 2. The van der Waals surface area contributed by atoms with Gasteiger partial charge in [-0.2, -0.15) is 0 Å². The molecule has 6 nitrogen and oxygen atoms in total. The maximum absolute atomic E-state index is 13.1. The van der Waals surface area contributed by atoms with E-state index in [0.717, 1.165) is 23.4 Å². The van der Waals surface area contributed by atoms with Crippen molar-refractivity contribution in [3.63, 3.8) is 0 Å². The molecule has 7 heteroatoms. The molecule has 1 N–H and O–H groups in total. The molecule has 0 radical (unpaired) electrons. The molecule has 0 bridgehead atoms. The molecule has 3 aromatic rings. The van der Waals surface area contributed by atoms with Crippen LogP contribution in [0.15, 0.2) is 65.3 Å². The Labute approximate surface area is 176 Å². The first-order valence-corrected chi connectivity index (χ1v) is 9.39. The average Bonchev–Trinajstić information content (AvgIpc) is 3.23. The summed E-state index contributed by atoms with van der Waals surface area (Å²) in [7, 11) is 1.65. The van der Waals surface area contributed by atoms with Gasteiger partial charge in [0.05, 0.1) is 25.3 Å². The number of ether oxygens (including phenoxy) is 1. The lowest BCUT2D eigenvalue weighted by atomic mass is 10.0. The monoisotopic (exact) mass is 413 g/mol. The number of benzene rings is 2. The van der Waals surface area contributed by atoms with E-state index in [1.54, 1.807) is 13.4 Å². The van der Waals surface area contributed by atoms with Crippen LogP contribution in [0.4, 0.5) is 0 Å². The minimum atomic E-state index is -0.0714. The van der Waals surface area contributed by atoms with E-state index in [2.05, 4.69) is 10.3 Å². The summed E-state index contributed by atoms with van der Waals surface area (Å²) < 4.78 is 11.1. The first kappa shape index (κ1) is 20.9. The lowest BCUT2D eigenvalue weighted by molar-refractivity contribution is -0.133. The molecule has 2 heterocycles. The molecule has 1 fully saturated rings. The Kier molecular flexibility index (Phi) is 6.90. The van der Waals surface area contributed by atoms with Gasteiger partial charge >= 0.3 is 0 Å². The molecule has 0 aliphatic carbocycles. The first-order valence-electron chi connectivity index (χ1n) is 9.39. The number of rotatable bonds is 5. The SMILES string of the molecule is COc1ccccc1C1CNCCN1C(=O)Cc1coc(-c2ccccc2)n1.Cl. The number of oxazole rings is 1. The van der Waals surface area contributed by atoms with Crippen molar-refractivity contribution in [2.75, 3.05) is 26.7 Å². The number of methoxy groups -OCH3 is 1. The smallest absolute Gasteiger partial charge is 0.229 e. The standard InChI is InChI=1S/C22H23N3O3.ClH/c1-27-20-10-6-5-9-18(20)19-14-23-11-12-25(19)21(26)13-17-15-28-22(24-17)16-7-3-2-4-8-16;/h2-10,15,19,23H,11-14H2,1H3;1H. The third-order valence-corrected chi connectivity index (χ3v) is 4.97. The van der Waals surface area contributed by atoms with Crippen LogP contribution in [0.5, 0.6) is 5.75 Å². The molecule has 1 aliphatic rings. The third kappa shape index (κ3) is 4.60. The van der Waals surface area contributed by atoms with Crippen LogP contribution in [0, 0.1) is 0 Å². The van der Waals surface area contributed by atoms with Crippen molar-refractivity contribution in [1.29, 1.82) is 0 Å². The fourth-order valence-electron chi connectivity index (χ4n) is 3.58. The fraction of sp³-hybridized carbons (Fsp3) is 0.273. The van der Waals surface area contributed by atoms with Gasteiger partial charge in [-0.25, -0.2) is 4.98 Å². The second-order valence-corrected chi connectivity index (χ2v) is 6.74. The Hall–Kier alpha value is -2.83. The summed E-state index contributed by atoms with van der Waals surface area (Å²) in [4.78, 5) is 19.5. The predicted octanol–water partition coefficient (Wildman–Crippen LogP) is 3.49. The van der Waals surface area contributed by atoms with E-state index in [4.69, 9.17) is 9.15 Å². The molecule has 29 heavy (non-hydrogen) atoms. The van der Waals surface area contributed by atoms with Crippen LogP contribution in [-0.2, 0) is 11.2 Å². The zero-order chi connectivity index (χ0) is 19.3. The van der Waals surface area contributed by atoms with Gasteiger partial charge in [-0.3, -0.25) is 4.79 Å². The van der Waals surface area contributed by atoms with Gasteiger partial charge in [-0.15, -0.1) is 12.4 Å². The molecule has 1 atom stereocenters. The van der Waals surface area contributed by atoms with Crippen LogP contribution in [-0.4, -0.2) is 42.5 Å². The maximum Gasteiger partial charge on any atom is 0.229 e. The van der Waals surface area contributed by atoms with Crippen molar-refractivity contribution in [1.82, 2.24) is 15.2 Å². The highest BCUT2D eigenvalue weighted by Crippen LogP contribution is 2.30. The summed E-state index contributed by atoms with van der Waals surface area (Å²) in [5, 5.41) is 3.38. The van der Waals surface area contributed by atoms with Crippen LogP contribution in [0.25, 0.3) is 11.5 Å². The van der Waals surface area contributed by atoms with Gasteiger partial charge in [-0.1, -0.05) is 36.4 Å². The Morgan fingerprint density at radius 2 is 1.97 bits per heavy atom. The van der Waals surface area contributed by atoms with Crippen molar-refractivity contribution in [2.45, 2.75) is 12.5 Å². The number of carbonyl (C=O) groups is 1. The second-order valence-electron chi connectivity index (χ2n) is 6.74. The quantitative estimate of drug-likeness (QED) is 0.693. The number of carbonyl (C=O) groups excluding carboxylic acids is 1. The number of hydrogen-bond donors (Lipinski definition) is 1. The molecule has 1 aromatic heterocycles. The molecule has 0 spiro atoms. The van der Waals surface area contributed by atoms with Gasteiger partial charge in [0.15, 0.2) is 0 Å². The molecule has 152 valence electrons. The second kappa shape index (κ2) is 9.58. The van der Waals surface area contributed by atoms with Gasteiger partial charge < -0.3 is 19.4 Å². The molecule has 4 rings (SSSR count). The summed E-state index contributed by atoms with van der Waals surface area (Å²) in [6, 6.07) is 17.5. The third-order valence-electron chi connectivity index (χ3n) is 4.97. The average molecular weight is 414 g/mol. The van der Waals surface area contributed by atoms with Crippen LogP contribution < -0.4 is 10.1 Å². The van der Waals surface area contributed by atoms with E-state index >= 15 is 0 Å². The number of aromatic nitrogens is 1. The van der Waals surface area contributed by atoms with Crippen LogP contribution in [0.2, 0.25) is 0 Å². The molecule has 2 aromatic carbocycles. The molecule has 1 amide bonds. The Morgan fingerprint density at radius 1 is 1.21 bits per heavy atom. The largest absolute Gasteiger partial charge is 0.496 e. The van der Waals surface area contributed by atoms with Gasteiger partial charge in [0.25, 0.3) is 0 Å².